The van der Waals surface area contributed by atoms with Crippen LogP contribution in [0.25, 0.3) is 27.8 Å². The first-order valence-electron chi connectivity index (χ1n) is 10.0. The van der Waals surface area contributed by atoms with E-state index in [9.17, 15) is 4.39 Å². The summed E-state index contributed by atoms with van der Waals surface area (Å²) < 4.78 is 15.1. The summed E-state index contributed by atoms with van der Waals surface area (Å²) in [5.41, 5.74) is 4.72. The predicted octanol–water partition coefficient (Wildman–Crippen LogP) is 5.34. The van der Waals surface area contributed by atoms with Crippen LogP contribution in [0.3, 0.4) is 0 Å². The molecule has 6 heteroatoms. The van der Waals surface area contributed by atoms with Crippen molar-refractivity contribution < 1.29 is 4.39 Å². The van der Waals surface area contributed by atoms with E-state index in [1.165, 1.54) is 12.4 Å². The average Bonchev–Trinajstić information content (AvgIpc) is 3.21. The standard InChI is InChI=1S/C25H20FN5/c1-25(2,22-14-8-12-20(29-22)17-15-27-24(26)28-16-17)23-19-11-6-7-13-21(19)31(30-23)18-9-4-3-5-10-18/h3-16H,1-2H3. The smallest absolute Gasteiger partial charge is 0.252 e. The molecule has 152 valence electrons. The first kappa shape index (κ1) is 19.1. The second-order valence-electron chi connectivity index (χ2n) is 7.89. The van der Waals surface area contributed by atoms with E-state index in [0.717, 1.165) is 28.0 Å². The number of para-hydroxylation sites is 2. The third-order valence-corrected chi connectivity index (χ3v) is 5.49. The lowest BCUT2D eigenvalue weighted by Gasteiger charge is -2.23. The summed E-state index contributed by atoms with van der Waals surface area (Å²) in [5, 5.41) is 6.10. The largest absolute Gasteiger partial charge is 0.308 e. The van der Waals surface area contributed by atoms with E-state index >= 15 is 0 Å². The second-order valence-corrected chi connectivity index (χ2v) is 7.89. The molecule has 5 aromatic rings. The summed E-state index contributed by atoms with van der Waals surface area (Å²) in [6.45, 7) is 4.23. The van der Waals surface area contributed by atoms with Gasteiger partial charge in [-0.25, -0.2) is 14.6 Å². The zero-order valence-corrected chi connectivity index (χ0v) is 17.2. The average molecular weight is 409 g/mol. The summed E-state index contributed by atoms with van der Waals surface area (Å²) in [6.07, 6.45) is 2.14. The lowest BCUT2D eigenvalue weighted by atomic mass is 9.83. The van der Waals surface area contributed by atoms with Crippen molar-refractivity contribution in [3.63, 3.8) is 0 Å². The van der Waals surface area contributed by atoms with Crippen molar-refractivity contribution in [3.8, 4) is 16.9 Å². The van der Waals surface area contributed by atoms with Gasteiger partial charge in [0.25, 0.3) is 0 Å². The maximum absolute atomic E-state index is 13.1. The maximum Gasteiger partial charge on any atom is 0.308 e. The van der Waals surface area contributed by atoms with Crippen LogP contribution in [0.5, 0.6) is 0 Å². The van der Waals surface area contributed by atoms with Gasteiger partial charge in [0.05, 0.1) is 33.7 Å². The quantitative estimate of drug-likeness (QED) is 0.376. The molecule has 0 unspecified atom stereocenters. The summed E-state index contributed by atoms with van der Waals surface area (Å²) in [5.74, 6) is 0. The van der Waals surface area contributed by atoms with Gasteiger partial charge in [0, 0.05) is 23.3 Å². The van der Waals surface area contributed by atoms with Gasteiger partial charge in [-0.05, 0) is 44.2 Å². The van der Waals surface area contributed by atoms with Crippen LogP contribution in [-0.4, -0.2) is 24.7 Å². The molecule has 0 fully saturated rings. The van der Waals surface area contributed by atoms with Gasteiger partial charge in [-0.1, -0.05) is 42.5 Å². The highest BCUT2D eigenvalue weighted by molar-refractivity contribution is 5.85. The Morgan fingerprint density at radius 1 is 0.806 bits per heavy atom. The van der Waals surface area contributed by atoms with E-state index in [1.807, 2.05) is 65.3 Å². The molecule has 3 aromatic heterocycles. The fourth-order valence-corrected chi connectivity index (χ4v) is 3.80. The fraction of sp³-hybridized carbons (Fsp3) is 0.120. The maximum atomic E-state index is 13.1. The van der Waals surface area contributed by atoms with Gasteiger partial charge in [0.1, 0.15) is 0 Å². The SMILES string of the molecule is CC(C)(c1cccc(-c2cnc(F)nc2)n1)c1nn(-c2ccccc2)c2ccccc12. The Kier molecular flexibility index (Phi) is 4.55. The molecule has 0 atom stereocenters. The molecule has 0 radical (unpaired) electrons. The third kappa shape index (κ3) is 3.36. The van der Waals surface area contributed by atoms with Crippen molar-refractivity contribution in [2.45, 2.75) is 19.3 Å². The lowest BCUT2D eigenvalue weighted by molar-refractivity contribution is 0.539. The number of aromatic nitrogens is 5. The van der Waals surface area contributed by atoms with E-state index in [0.29, 0.717) is 11.3 Å². The highest BCUT2D eigenvalue weighted by Gasteiger charge is 2.31. The molecule has 31 heavy (non-hydrogen) atoms. The Hall–Kier alpha value is -3.93. The number of pyridine rings is 1. The number of nitrogens with zero attached hydrogens (tertiary/aromatic N) is 5. The third-order valence-electron chi connectivity index (χ3n) is 5.49. The number of rotatable bonds is 4. The molecule has 0 aliphatic rings. The van der Waals surface area contributed by atoms with Crippen LogP contribution in [0, 0.1) is 6.08 Å². The molecule has 0 aliphatic carbocycles. The van der Waals surface area contributed by atoms with Crippen molar-refractivity contribution in [1.82, 2.24) is 24.7 Å². The molecule has 0 saturated carbocycles. The highest BCUT2D eigenvalue weighted by atomic mass is 19.1. The van der Waals surface area contributed by atoms with E-state index in [1.54, 1.807) is 0 Å². The molecule has 0 bridgehead atoms. The van der Waals surface area contributed by atoms with Crippen molar-refractivity contribution in [2.24, 2.45) is 0 Å². The Morgan fingerprint density at radius 3 is 2.29 bits per heavy atom. The Morgan fingerprint density at radius 2 is 1.52 bits per heavy atom. The summed E-state index contributed by atoms with van der Waals surface area (Å²) in [7, 11) is 0. The second kappa shape index (κ2) is 7.40. The van der Waals surface area contributed by atoms with Crippen LogP contribution >= 0.6 is 0 Å². The van der Waals surface area contributed by atoms with Crippen LogP contribution in [0.4, 0.5) is 4.39 Å². The minimum absolute atomic E-state index is 0.476. The molecule has 5 nitrogen and oxygen atoms in total. The zero-order valence-electron chi connectivity index (χ0n) is 17.2. The van der Waals surface area contributed by atoms with E-state index < -0.39 is 11.5 Å². The Labute approximate surface area is 179 Å². The lowest BCUT2D eigenvalue weighted by Crippen LogP contribution is -2.22. The monoisotopic (exact) mass is 409 g/mol. The fourth-order valence-electron chi connectivity index (χ4n) is 3.80. The molecule has 0 saturated heterocycles. The van der Waals surface area contributed by atoms with Crippen molar-refractivity contribution in [1.29, 1.82) is 0 Å². The number of halogens is 1. The van der Waals surface area contributed by atoms with Crippen LogP contribution in [0.2, 0.25) is 0 Å². The van der Waals surface area contributed by atoms with E-state index in [4.69, 9.17) is 10.1 Å². The molecular weight excluding hydrogens is 389 g/mol. The van der Waals surface area contributed by atoms with Crippen LogP contribution in [0.1, 0.15) is 25.2 Å². The summed E-state index contributed by atoms with van der Waals surface area (Å²) >= 11 is 0. The molecule has 0 aliphatic heterocycles. The molecule has 0 N–H and O–H groups in total. The summed E-state index contributed by atoms with van der Waals surface area (Å²) in [4.78, 5) is 12.2. The number of fused-ring (bicyclic) bond motifs is 1. The first-order chi connectivity index (χ1) is 15.0. The van der Waals surface area contributed by atoms with E-state index in [2.05, 4.69) is 35.9 Å². The van der Waals surface area contributed by atoms with Gasteiger partial charge in [0.15, 0.2) is 0 Å². The number of hydrogen-bond donors (Lipinski definition) is 0. The van der Waals surface area contributed by atoms with E-state index in [-0.39, 0.29) is 0 Å². The zero-order chi connectivity index (χ0) is 21.4. The summed E-state index contributed by atoms with van der Waals surface area (Å²) in [6, 6.07) is 24.1. The molecule has 0 amide bonds. The molecular formula is C25H20FN5. The van der Waals surface area contributed by atoms with Gasteiger partial charge in [-0.15, -0.1) is 0 Å². The number of hydrogen-bond acceptors (Lipinski definition) is 4. The number of benzene rings is 2. The van der Waals surface area contributed by atoms with Gasteiger partial charge in [0.2, 0.25) is 0 Å². The van der Waals surface area contributed by atoms with Crippen LogP contribution in [0.15, 0.2) is 85.2 Å². The predicted molar refractivity (Wildman–Crippen MR) is 118 cm³/mol. The minimum atomic E-state index is -0.752. The van der Waals surface area contributed by atoms with Gasteiger partial charge in [-0.2, -0.15) is 9.49 Å². The Bertz CT molecular complexity index is 1360. The normalized spacial score (nSPS) is 11.7. The van der Waals surface area contributed by atoms with Gasteiger partial charge in [-0.3, -0.25) is 4.98 Å². The van der Waals surface area contributed by atoms with Crippen LogP contribution in [-0.2, 0) is 5.41 Å². The van der Waals surface area contributed by atoms with Gasteiger partial charge < -0.3 is 0 Å². The van der Waals surface area contributed by atoms with Crippen molar-refractivity contribution >= 4 is 10.9 Å². The van der Waals surface area contributed by atoms with Gasteiger partial charge >= 0.3 is 6.08 Å². The molecule has 5 rings (SSSR count). The molecule has 0 spiro atoms. The Balaban J connectivity index is 1.65. The first-order valence-corrected chi connectivity index (χ1v) is 10.0. The minimum Gasteiger partial charge on any atom is -0.252 e. The topological polar surface area (TPSA) is 56.5 Å². The van der Waals surface area contributed by atoms with Crippen molar-refractivity contribution in [3.05, 3.63) is 103 Å². The molecule has 2 aromatic carbocycles. The van der Waals surface area contributed by atoms with Crippen LogP contribution < -0.4 is 0 Å². The van der Waals surface area contributed by atoms with Crippen molar-refractivity contribution in [2.75, 3.05) is 0 Å². The highest BCUT2D eigenvalue weighted by Crippen LogP contribution is 2.36. The molecule has 3 heterocycles.